The summed E-state index contributed by atoms with van der Waals surface area (Å²) >= 11 is 0. The standard InChI is InChI=1S/C15H22N2O5/c1-8(2)13(12-5-9(3)16-22-12)14(19)17-7-10(18)6-11(17)15(20)21-4/h5,8,10-11,13,18H,6-7H2,1-4H3/t10-,11+,13?/m1/s1. The molecule has 0 spiro atoms. The fraction of sp³-hybridized carbons (Fsp3) is 0.667. The van der Waals surface area contributed by atoms with Crippen LogP contribution in [0.4, 0.5) is 0 Å². The number of aromatic nitrogens is 1. The van der Waals surface area contributed by atoms with Crippen molar-refractivity contribution in [3.8, 4) is 0 Å². The summed E-state index contributed by atoms with van der Waals surface area (Å²) in [6.45, 7) is 5.71. The first-order valence-electron chi connectivity index (χ1n) is 7.34. The number of β-amino-alcohol motifs (C(OH)–C–C–N with tert-alkyl or cyclic N) is 1. The maximum atomic E-state index is 12.9. The molecule has 1 N–H and O–H groups in total. The predicted octanol–water partition coefficient (Wildman–Crippen LogP) is 0.857. The Morgan fingerprint density at radius 3 is 2.68 bits per heavy atom. The third-order valence-electron chi connectivity index (χ3n) is 3.92. The minimum absolute atomic E-state index is 0.0316. The van der Waals surface area contributed by atoms with Crippen LogP contribution in [-0.4, -0.2) is 52.8 Å². The lowest BCUT2D eigenvalue weighted by molar-refractivity contribution is -0.152. The molecular formula is C15H22N2O5. The zero-order chi connectivity index (χ0) is 16.4. The van der Waals surface area contributed by atoms with Gasteiger partial charge in [0.05, 0.1) is 18.9 Å². The number of esters is 1. The number of carbonyl (C=O) groups excluding carboxylic acids is 2. The van der Waals surface area contributed by atoms with Gasteiger partial charge in [-0.1, -0.05) is 19.0 Å². The van der Waals surface area contributed by atoms with Gasteiger partial charge in [-0.2, -0.15) is 0 Å². The maximum Gasteiger partial charge on any atom is 0.328 e. The molecule has 3 atom stereocenters. The summed E-state index contributed by atoms with van der Waals surface area (Å²) in [5.41, 5.74) is 0.694. The van der Waals surface area contributed by atoms with E-state index in [1.807, 2.05) is 13.8 Å². The van der Waals surface area contributed by atoms with Crippen LogP contribution in [0.25, 0.3) is 0 Å². The Labute approximate surface area is 129 Å². The molecule has 1 fully saturated rings. The van der Waals surface area contributed by atoms with Crippen LogP contribution in [0.3, 0.4) is 0 Å². The van der Waals surface area contributed by atoms with Gasteiger partial charge in [0.25, 0.3) is 0 Å². The monoisotopic (exact) mass is 310 g/mol. The van der Waals surface area contributed by atoms with Gasteiger partial charge < -0.3 is 19.3 Å². The topological polar surface area (TPSA) is 92.9 Å². The number of rotatable bonds is 4. The number of carbonyl (C=O) groups is 2. The van der Waals surface area contributed by atoms with Crippen molar-refractivity contribution in [3.05, 3.63) is 17.5 Å². The van der Waals surface area contributed by atoms with Gasteiger partial charge in [-0.05, 0) is 12.8 Å². The second-order valence-electron chi connectivity index (χ2n) is 6.01. The van der Waals surface area contributed by atoms with E-state index in [1.54, 1.807) is 13.0 Å². The second-order valence-corrected chi connectivity index (χ2v) is 6.01. The Kier molecular flexibility index (Phi) is 4.85. The summed E-state index contributed by atoms with van der Waals surface area (Å²) < 4.78 is 9.97. The summed E-state index contributed by atoms with van der Waals surface area (Å²) in [6.07, 6.45) is -0.532. The van der Waals surface area contributed by atoms with Crippen LogP contribution in [0.2, 0.25) is 0 Å². The van der Waals surface area contributed by atoms with Gasteiger partial charge in [0.15, 0.2) is 0 Å². The molecule has 2 rings (SSSR count). The van der Waals surface area contributed by atoms with Crippen molar-refractivity contribution in [1.82, 2.24) is 10.1 Å². The lowest BCUT2D eigenvalue weighted by Gasteiger charge is -2.27. The van der Waals surface area contributed by atoms with Gasteiger partial charge in [-0.15, -0.1) is 0 Å². The van der Waals surface area contributed by atoms with Gasteiger partial charge in [0.1, 0.15) is 17.7 Å². The van der Waals surface area contributed by atoms with E-state index in [0.29, 0.717) is 11.5 Å². The molecule has 2 heterocycles. The van der Waals surface area contributed by atoms with Crippen LogP contribution in [0.1, 0.15) is 37.6 Å². The van der Waals surface area contributed by atoms with Crippen molar-refractivity contribution >= 4 is 11.9 Å². The zero-order valence-electron chi connectivity index (χ0n) is 13.3. The molecule has 1 aliphatic heterocycles. The number of nitrogens with zero attached hydrogens (tertiary/aromatic N) is 2. The number of hydrogen-bond donors (Lipinski definition) is 1. The smallest absolute Gasteiger partial charge is 0.328 e. The molecule has 7 heteroatoms. The lowest BCUT2D eigenvalue weighted by Crippen LogP contribution is -2.44. The number of hydrogen-bond acceptors (Lipinski definition) is 6. The number of aliphatic hydroxyl groups excluding tert-OH is 1. The second kappa shape index (κ2) is 6.48. The summed E-state index contributed by atoms with van der Waals surface area (Å²) in [5.74, 6) is -0.865. The summed E-state index contributed by atoms with van der Waals surface area (Å²) in [6, 6.07) is 0.972. The van der Waals surface area contributed by atoms with Crippen LogP contribution in [-0.2, 0) is 14.3 Å². The van der Waals surface area contributed by atoms with Gasteiger partial charge >= 0.3 is 5.97 Å². The first kappa shape index (κ1) is 16.5. The normalized spacial score (nSPS) is 22.9. The van der Waals surface area contributed by atoms with Crippen molar-refractivity contribution in [1.29, 1.82) is 0 Å². The van der Waals surface area contributed by atoms with Crippen LogP contribution < -0.4 is 0 Å². The molecule has 7 nitrogen and oxygen atoms in total. The molecule has 1 aliphatic rings. The molecule has 1 unspecified atom stereocenters. The largest absolute Gasteiger partial charge is 0.467 e. The van der Waals surface area contributed by atoms with Crippen LogP contribution >= 0.6 is 0 Å². The minimum atomic E-state index is -0.752. The van der Waals surface area contributed by atoms with E-state index in [-0.39, 0.29) is 24.8 Å². The van der Waals surface area contributed by atoms with E-state index in [9.17, 15) is 14.7 Å². The first-order valence-corrected chi connectivity index (χ1v) is 7.34. The number of ether oxygens (including phenoxy) is 1. The molecule has 1 aromatic rings. The molecule has 1 saturated heterocycles. The fourth-order valence-corrected chi connectivity index (χ4v) is 2.86. The van der Waals surface area contributed by atoms with Gasteiger partial charge in [-0.3, -0.25) is 4.79 Å². The Hall–Kier alpha value is -1.89. The highest BCUT2D eigenvalue weighted by Gasteiger charge is 2.43. The lowest BCUT2D eigenvalue weighted by atomic mass is 9.91. The average molecular weight is 310 g/mol. The van der Waals surface area contributed by atoms with Gasteiger partial charge in [-0.25, -0.2) is 4.79 Å². The number of methoxy groups -OCH3 is 1. The highest BCUT2D eigenvalue weighted by molar-refractivity contribution is 5.89. The van der Waals surface area contributed by atoms with Crippen LogP contribution in [0.15, 0.2) is 10.6 Å². The zero-order valence-corrected chi connectivity index (χ0v) is 13.3. The van der Waals surface area contributed by atoms with E-state index >= 15 is 0 Å². The molecule has 1 amide bonds. The molecule has 0 radical (unpaired) electrons. The van der Waals surface area contributed by atoms with Gasteiger partial charge in [0, 0.05) is 19.0 Å². The number of amides is 1. The van der Waals surface area contributed by atoms with E-state index < -0.39 is 24.0 Å². The Balaban J connectivity index is 2.28. The number of aliphatic hydroxyl groups is 1. The van der Waals surface area contributed by atoms with Crippen molar-refractivity contribution in [2.75, 3.05) is 13.7 Å². The third-order valence-corrected chi connectivity index (χ3v) is 3.92. The molecule has 122 valence electrons. The maximum absolute atomic E-state index is 12.9. The molecule has 0 saturated carbocycles. The molecule has 0 aromatic carbocycles. The summed E-state index contributed by atoms with van der Waals surface area (Å²) in [4.78, 5) is 26.1. The number of aryl methyl sites for hydroxylation is 1. The summed E-state index contributed by atoms with van der Waals surface area (Å²) in [7, 11) is 1.27. The fourth-order valence-electron chi connectivity index (χ4n) is 2.86. The highest BCUT2D eigenvalue weighted by atomic mass is 16.5. The van der Waals surface area contributed by atoms with Crippen LogP contribution in [0.5, 0.6) is 0 Å². The molecular weight excluding hydrogens is 288 g/mol. The predicted molar refractivity (Wildman–Crippen MR) is 77.0 cm³/mol. The van der Waals surface area contributed by atoms with Crippen molar-refractivity contribution in [2.24, 2.45) is 5.92 Å². The Morgan fingerprint density at radius 1 is 1.50 bits per heavy atom. The quantitative estimate of drug-likeness (QED) is 0.829. The van der Waals surface area contributed by atoms with Crippen molar-refractivity contribution < 1.29 is 24.0 Å². The first-order chi connectivity index (χ1) is 10.3. The van der Waals surface area contributed by atoms with Crippen molar-refractivity contribution in [3.63, 3.8) is 0 Å². The highest BCUT2D eigenvalue weighted by Crippen LogP contribution is 2.31. The Bertz CT molecular complexity index is 554. The van der Waals surface area contributed by atoms with Crippen molar-refractivity contribution in [2.45, 2.75) is 45.3 Å². The SMILES string of the molecule is COC(=O)[C@@H]1C[C@@H](O)CN1C(=O)C(c1cc(C)no1)C(C)C. The van der Waals surface area contributed by atoms with E-state index in [0.717, 1.165) is 0 Å². The Morgan fingerprint density at radius 2 is 2.18 bits per heavy atom. The van der Waals surface area contributed by atoms with Gasteiger partial charge in [0.2, 0.25) is 5.91 Å². The van der Waals surface area contributed by atoms with E-state index in [4.69, 9.17) is 9.26 Å². The molecule has 0 bridgehead atoms. The average Bonchev–Trinajstić information content (AvgIpc) is 3.04. The molecule has 22 heavy (non-hydrogen) atoms. The third kappa shape index (κ3) is 3.14. The number of likely N-dealkylation sites (tertiary alicyclic amines) is 1. The van der Waals surface area contributed by atoms with Crippen LogP contribution in [0, 0.1) is 12.8 Å². The molecule has 1 aromatic heterocycles. The molecule has 0 aliphatic carbocycles. The van der Waals surface area contributed by atoms with E-state index in [1.165, 1.54) is 12.0 Å². The summed E-state index contributed by atoms with van der Waals surface area (Å²) in [5, 5.41) is 13.6. The minimum Gasteiger partial charge on any atom is -0.467 e. The van der Waals surface area contributed by atoms with E-state index in [2.05, 4.69) is 5.16 Å².